The third kappa shape index (κ3) is 4.53. The first-order valence-corrected chi connectivity index (χ1v) is 12.5. The summed E-state index contributed by atoms with van der Waals surface area (Å²) in [5.41, 5.74) is 0.896. The van der Waals surface area contributed by atoms with E-state index in [1.54, 1.807) is 28.9 Å². The molecule has 10 heteroatoms. The standard InChI is InChI=1S/C23H23N5O3S2/c1-15(2)13-27-22(19-7-4-10-31-19)24-25-23(27)33-14-21(29)28-17(18-6-3-9-30-18)12-16(26-28)20-8-5-11-32-20/h3-11,15,17H,12-14H2,1-2H3. The van der Waals surface area contributed by atoms with E-state index in [2.05, 4.69) is 29.1 Å². The number of hydrogen-bond acceptors (Lipinski definition) is 8. The third-order valence-electron chi connectivity index (χ3n) is 5.17. The molecule has 4 aromatic rings. The smallest absolute Gasteiger partial charge is 0.253 e. The van der Waals surface area contributed by atoms with E-state index in [0.29, 0.717) is 29.1 Å². The summed E-state index contributed by atoms with van der Waals surface area (Å²) in [5, 5.41) is 17.6. The van der Waals surface area contributed by atoms with Gasteiger partial charge >= 0.3 is 0 Å². The van der Waals surface area contributed by atoms with Crippen LogP contribution in [0.3, 0.4) is 0 Å². The first kappa shape index (κ1) is 21.7. The number of furan rings is 2. The van der Waals surface area contributed by atoms with Gasteiger partial charge < -0.3 is 8.83 Å². The van der Waals surface area contributed by atoms with Gasteiger partial charge in [0.1, 0.15) is 11.8 Å². The molecule has 5 heterocycles. The van der Waals surface area contributed by atoms with Crippen LogP contribution in [0.5, 0.6) is 0 Å². The van der Waals surface area contributed by atoms with Gasteiger partial charge in [0.2, 0.25) is 0 Å². The Labute approximate surface area is 199 Å². The van der Waals surface area contributed by atoms with E-state index in [0.717, 1.165) is 22.9 Å². The number of rotatable bonds is 8. The average molecular weight is 482 g/mol. The molecular weight excluding hydrogens is 458 g/mol. The number of nitrogens with zero attached hydrogens (tertiary/aromatic N) is 5. The van der Waals surface area contributed by atoms with Crippen molar-refractivity contribution in [2.24, 2.45) is 11.0 Å². The molecule has 1 unspecified atom stereocenters. The Bertz CT molecular complexity index is 1230. The molecule has 1 aliphatic heterocycles. The van der Waals surface area contributed by atoms with Gasteiger partial charge in [-0.25, -0.2) is 5.01 Å². The molecule has 170 valence electrons. The summed E-state index contributed by atoms with van der Waals surface area (Å²) in [5.74, 6) is 2.51. The van der Waals surface area contributed by atoms with Gasteiger partial charge in [0.05, 0.1) is 28.9 Å². The van der Waals surface area contributed by atoms with Gasteiger partial charge in [-0.1, -0.05) is 31.7 Å². The lowest BCUT2D eigenvalue weighted by Gasteiger charge is -2.19. The molecule has 0 spiro atoms. The lowest BCUT2D eigenvalue weighted by Crippen LogP contribution is -2.28. The quantitative estimate of drug-likeness (QED) is 0.317. The summed E-state index contributed by atoms with van der Waals surface area (Å²) < 4.78 is 13.2. The Morgan fingerprint density at radius 2 is 2.03 bits per heavy atom. The summed E-state index contributed by atoms with van der Waals surface area (Å²) in [6.45, 7) is 4.98. The number of hydrazone groups is 1. The van der Waals surface area contributed by atoms with Gasteiger partial charge in [0, 0.05) is 13.0 Å². The molecule has 0 saturated heterocycles. The Kier molecular flexibility index (Phi) is 6.19. The highest BCUT2D eigenvalue weighted by Gasteiger charge is 2.35. The predicted octanol–water partition coefficient (Wildman–Crippen LogP) is 5.32. The van der Waals surface area contributed by atoms with Crippen molar-refractivity contribution in [2.45, 2.75) is 38.0 Å². The summed E-state index contributed by atoms with van der Waals surface area (Å²) in [7, 11) is 0. The molecule has 0 N–H and O–H groups in total. The van der Waals surface area contributed by atoms with Crippen molar-refractivity contribution >= 4 is 34.7 Å². The minimum Gasteiger partial charge on any atom is -0.467 e. The second kappa shape index (κ2) is 9.40. The Hall–Kier alpha value is -3.11. The summed E-state index contributed by atoms with van der Waals surface area (Å²) in [6, 6.07) is 11.2. The summed E-state index contributed by atoms with van der Waals surface area (Å²) in [6.07, 6.45) is 3.86. The van der Waals surface area contributed by atoms with Crippen LogP contribution in [0.25, 0.3) is 11.6 Å². The van der Waals surface area contributed by atoms with Crippen LogP contribution in [0.1, 0.15) is 36.9 Å². The molecular formula is C23H23N5O3S2. The Morgan fingerprint density at radius 1 is 1.18 bits per heavy atom. The van der Waals surface area contributed by atoms with Crippen LogP contribution < -0.4 is 0 Å². The maximum atomic E-state index is 13.3. The van der Waals surface area contributed by atoms with E-state index in [1.165, 1.54) is 11.8 Å². The van der Waals surface area contributed by atoms with Crippen LogP contribution in [0.4, 0.5) is 0 Å². The van der Waals surface area contributed by atoms with Crippen LogP contribution in [-0.4, -0.2) is 37.1 Å². The van der Waals surface area contributed by atoms with E-state index in [9.17, 15) is 4.79 Å². The van der Waals surface area contributed by atoms with Gasteiger partial charge in [0.25, 0.3) is 5.91 Å². The molecule has 4 aromatic heterocycles. The highest BCUT2D eigenvalue weighted by molar-refractivity contribution is 7.99. The molecule has 0 fully saturated rings. The predicted molar refractivity (Wildman–Crippen MR) is 127 cm³/mol. The number of hydrogen-bond donors (Lipinski definition) is 0. The second-order valence-corrected chi connectivity index (χ2v) is 9.96. The number of amides is 1. The molecule has 0 saturated carbocycles. The molecule has 0 aliphatic carbocycles. The van der Waals surface area contributed by atoms with Gasteiger partial charge in [-0.05, 0) is 41.6 Å². The molecule has 8 nitrogen and oxygen atoms in total. The van der Waals surface area contributed by atoms with Gasteiger partial charge in [-0.3, -0.25) is 9.36 Å². The molecule has 33 heavy (non-hydrogen) atoms. The monoisotopic (exact) mass is 481 g/mol. The van der Waals surface area contributed by atoms with E-state index in [1.807, 2.05) is 46.3 Å². The van der Waals surface area contributed by atoms with Gasteiger partial charge in [-0.2, -0.15) is 5.10 Å². The van der Waals surface area contributed by atoms with Gasteiger partial charge in [-0.15, -0.1) is 21.5 Å². The molecule has 1 atom stereocenters. The fraction of sp³-hybridized carbons (Fsp3) is 0.304. The number of carbonyl (C=O) groups excluding carboxylic acids is 1. The third-order valence-corrected chi connectivity index (χ3v) is 7.04. The van der Waals surface area contributed by atoms with Crippen molar-refractivity contribution in [1.29, 1.82) is 0 Å². The summed E-state index contributed by atoms with van der Waals surface area (Å²) >= 11 is 2.98. The lowest BCUT2D eigenvalue weighted by atomic mass is 10.1. The van der Waals surface area contributed by atoms with Crippen molar-refractivity contribution < 1.29 is 13.6 Å². The number of thiophene rings is 1. The van der Waals surface area contributed by atoms with E-state index in [-0.39, 0.29) is 17.7 Å². The Balaban J connectivity index is 1.36. The number of aromatic nitrogens is 3. The molecule has 1 amide bonds. The maximum absolute atomic E-state index is 13.3. The van der Waals surface area contributed by atoms with Crippen LogP contribution in [0, 0.1) is 5.92 Å². The summed E-state index contributed by atoms with van der Waals surface area (Å²) in [4.78, 5) is 14.4. The normalized spacial score (nSPS) is 16.0. The van der Waals surface area contributed by atoms with E-state index < -0.39 is 0 Å². The average Bonchev–Trinajstić information content (AvgIpc) is 3.60. The molecule has 1 aliphatic rings. The van der Waals surface area contributed by atoms with Crippen LogP contribution in [0.15, 0.2) is 73.4 Å². The topological polar surface area (TPSA) is 89.7 Å². The zero-order valence-electron chi connectivity index (χ0n) is 18.2. The van der Waals surface area contributed by atoms with Crippen LogP contribution >= 0.6 is 23.1 Å². The van der Waals surface area contributed by atoms with Crippen LogP contribution in [-0.2, 0) is 11.3 Å². The zero-order chi connectivity index (χ0) is 22.8. The van der Waals surface area contributed by atoms with Crippen molar-refractivity contribution in [3.8, 4) is 11.6 Å². The highest BCUT2D eigenvalue weighted by Crippen LogP contribution is 2.35. The first-order chi connectivity index (χ1) is 16.1. The van der Waals surface area contributed by atoms with Crippen molar-refractivity contribution in [1.82, 2.24) is 19.8 Å². The number of thioether (sulfide) groups is 1. The minimum atomic E-state index is -0.252. The number of carbonyl (C=O) groups is 1. The van der Waals surface area contributed by atoms with E-state index in [4.69, 9.17) is 8.83 Å². The molecule has 0 aromatic carbocycles. The van der Waals surface area contributed by atoms with Crippen LogP contribution in [0.2, 0.25) is 0 Å². The SMILES string of the molecule is CC(C)Cn1c(SCC(=O)N2N=C(c3cccs3)CC2c2ccco2)nnc1-c1ccco1. The molecule has 5 rings (SSSR count). The van der Waals surface area contributed by atoms with Crippen molar-refractivity contribution in [3.05, 3.63) is 64.9 Å². The largest absolute Gasteiger partial charge is 0.467 e. The molecule has 0 bridgehead atoms. The maximum Gasteiger partial charge on any atom is 0.253 e. The fourth-order valence-corrected chi connectivity index (χ4v) is 5.26. The highest BCUT2D eigenvalue weighted by atomic mass is 32.2. The van der Waals surface area contributed by atoms with Crippen molar-refractivity contribution in [2.75, 3.05) is 5.75 Å². The van der Waals surface area contributed by atoms with E-state index >= 15 is 0 Å². The lowest BCUT2D eigenvalue weighted by molar-refractivity contribution is -0.130. The fourth-order valence-electron chi connectivity index (χ4n) is 3.74. The first-order valence-electron chi connectivity index (χ1n) is 10.7. The van der Waals surface area contributed by atoms with Gasteiger partial charge in [0.15, 0.2) is 16.7 Å². The minimum absolute atomic E-state index is 0.105. The second-order valence-electron chi connectivity index (χ2n) is 8.07. The Morgan fingerprint density at radius 3 is 2.73 bits per heavy atom. The molecule has 0 radical (unpaired) electrons. The zero-order valence-corrected chi connectivity index (χ0v) is 19.9. The van der Waals surface area contributed by atoms with Crippen molar-refractivity contribution in [3.63, 3.8) is 0 Å².